The van der Waals surface area contributed by atoms with Gasteiger partial charge in [-0.2, -0.15) is 0 Å². The molecular formula is C15H25NO4. The molecule has 0 amide bonds. The first-order chi connectivity index (χ1) is 9.65. The molecule has 0 aromatic heterocycles. The van der Waals surface area contributed by atoms with E-state index in [-0.39, 0.29) is 6.10 Å². The molecule has 1 aromatic carbocycles. The summed E-state index contributed by atoms with van der Waals surface area (Å²) in [4.78, 5) is 0. The second kappa shape index (κ2) is 8.66. The third-order valence-corrected chi connectivity index (χ3v) is 3.18. The topological polar surface area (TPSA) is 60.0 Å². The van der Waals surface area contributed by atoms with Gasteiger partial charge in [0.15, 0.2) is 11.5 Å². The Morgan fingerprint density at radius 1 is 1.10 bits per heavy atom. The number of hydrogen-bond donors (Lipinski definition) is 2. The minimum absolute atomic E-state index is 0.234. The van der Waals surface area contributed by atoms with Crippen molar-refractivity contribution in [3.05, 3.63) is 17.7 Å². The van der Waals surface area contributed by atoms with Crippen LogP contribution in [0.3, 0.4) is 0 Å². The zero-order chi connectivity index (χ0) is 15.0. The fourth-order valence-electron chi connectivity index (χ4n) is 1.94. The molecule has 114 valence electrons. The highest BCUT2D eigenvalue weighted by Gasteiger charge is 2.12. The van der Waals surface area contributed by atoms with Crippen LogP contribution in [0.2, 0.25) is 0 Å². The van der Waals surface area contributed by atoms with E-state index in [9.17, 15) is 5.11 Å². The minimum Gasteiger partial charge on any atom is -0.493 e. The zero-order valence-electron chi connectivity index (χ0n) is 12.7. The average molecular weight is 283 g/mol. The van der Waals surface area contributed by atoms with Crippen LogP contribution in [0.15, 0.2) is 12.1 Å². The van der Waals surface area contributed by atoms with Gasteiger partial charge >= 0.3 is 0 Å². The van der Waals surface area contributed by atoms with Crippen molar-refractivity contribution >= 4 is 0 Å². The van der Waals surface area contributed by atoms with Crippen LogP contribution >= 0.6 is 0 Å². The van der Waals surface area contributed by atoms with Gasteiger partial charge in [-0.15, -0.1) is 0 Å². The minimum atomic E-state index is -0.234. The fraction of sp³-hybridized carbons (Fsp3) is 0.600. The molecule has 1 unspecified atom stereocenters. The normalized spacial score (nSPS) is 12.1. The predicted molar refractivity (Wildman–Crippen MR) is 78.7 cm³/mol. The van der Waals surface area contributed by atoms with Gasteiger partial charge in [-0.05, 0) is 37.1 Å². The lowest BCUT2D eigenvalue weighted by Crippen LogP contribution is -2.19. The molecule has 0 radical (unpaired) electrons. The van der Waals surface area contributed by atoms with E-state index in [4.69, 9.17) is 14.2 Å². The van der Waals surface area contributed by atoms with Crippen LogP contribution < -0.4 is 19.5 Å². The maximum absolute atomic E-state index is 9.49. The van der Waals surface area contributed by atoms with Crippen LogP contribution in [-0.4, -0.2) is 39.1 Å². The quantitative estimate of drug-likeness (QED) is 0.678. The molecule has 1 atom stereocenters. The van der Waals surface area contributed by atoms with Crippen molar-refractivity contribution in [3.63, 3.8) is 0 Å². The number of ether oxygens (including phenoxy) is 3. The van der Waals surface area contributed by atoms with Crippen molar-refractivity contribution < 1.29 is 19.3 Å². The highest BCUT2D eigenvalue weighted by atomic mass is 16.5. The molecule has 0 aliphatic rings. The molecule has 5 nitrogen and oxygen atoms in total. The maximum Gasteiger partial charge on any atom is 0.203 e. The van der Waals surface area contributed by atoms with Gasteiger partial charge in [0.05, 0.1) is 27.4 Å². The van der Waals surface area contributed by atoms with Crippen molar-refractivity contribution in [1.82, 2.24) is 5.32 Å². The lowest BCUT2D eigenvalue weighted by Gasteiger charge is -2.14. The summed E-state index contributed by atoms with van der Waals surface area (Å²) in [5.74, 6) is 1.90. The molecule has 0 saturated carbocycles. The summed E-state index contributed by atoms with van der Waals surface area (Å²) in [5, 5.41) is 12.8. The number of aliphatic hydroxyl groups excluding tert-OH is 1. The summed E-state index contributed by atoms with van der Waals surface area (Å²) in [6.45, 7) is 3.43. The summed E-state index contributed by atoms with van der Waals surface area (Å²) in [5.41, 5.74) is 1.05. The molecule has 0 aliphatic carbocycles. The lowest BCUT2D eigenvalue weighted by atomic mass is 10.1. The van der Waals surface area contributed by atoms with Crippen molar-refractivity contribution in [3.8, 4) is 17.2 Å². The van der Waals surface area contributed by atoms with Crippen LogP contribution in [0.1, 0.15) is 25.3 Å². The molecule has 0 aliphatic heterocycles. The molecule has 5 heteroatoms. The molecule has 0 heterocycles. The van der Waals surface area contributed by atoms with Crippen molar-refractivity contribution in [2.75, 3.05) is 27.9 Å². The van der Waals surface area contributed by atoms with Crippen molar-refractivity contribution in [1.29, 1.82) is 0 Å². The van der Waals surface area contributed by atoms with E-state index >= 15 is 0 Å². The van der Waals surface area contributed by atoms with Crippen molar-refractivity contribution in [2.45, 2.75) is 32.4 Å². The van der Waals surface area contributed by atoms with E-state index in [1.54, 1.807) is 21.3 Å². The van der Waals surface area contributed by atoms with Gasteiger partial charge in [0.2, 0.25) is 5.75 Å². The van der Waals surface area contributed by atoms with Crippen LogP contribution in [0.4, 0.5) is 0 Å². The molecular weight excluding hydrogens is 258 g/mol. The third-order valence-electron chi connectivity index (χ3n) is 3.18. The van der Waals surface area contributed by atoms with E-state index in [2.05, 4.69) is 5.32 Å². The number of rotatable bonds is 9. The van der Waals surface area contributed by atoms with Gasteiger partial charge in [0, 0.05) is 6.54 Å². The first kappa shape index (κ1) is 16.6. The number of nitrogens with one attached hydrogen (secondary N) is 1. The highest BCUT2D eigenvalue weighted by molar-refractivity contribution is 5.53. The largest absolute Gasteiger partial charge is 0.493 e. The predicted octanol–water partition coefficient (Wildman–Crippen LogP) is 1.96. The standard InChI is InChI=1S/C15H25NO4/c1-5-12(17)6-7-16-10-11-8-13(18-2)15(20-4)14(9-11)19-3/h8-9,12,16-17H,5-7,10H2,1-4H3. The Morgan fingerprint density at radius 2 is 1.70 bits per heavy atom. The number of aliphatic hydroxyl groups is 1. The molecule has 1 aromatic rings. The molecule has 0 saturated heterocycles. The molecule has 0 fully saturated rings. The molecule has 0 bridgehead atoms. The van der Waals surface area contributed by atoms with E-state index < -0.39 is 0 Å². The van der Waals surface area contributed by atoms with Gasteiger partial charge in [0.1, 0.15) is 0 Å². The van der Waals surface area contributed by atoms with Crippen LogP contribution in [0.5, 0.6) is 17.2 Å². The number of methoxy groups -OCH3 is 3. The van der Waals surface area contributed by atoms with Crippen LogP contribution in [-0.2, 0) is 6.54 Å². The highest BCUT2D eigenvalue weighted by Crippen LogP contribution is 2.38. The van der Waals surface area contributed by atoms with Gasteiger partial charge in [-0.1, -0.05) is 6.92 Å². The second-order valence-electron chi connectivity index (χ2n) is 4.56. The summed E-state index contributed by atoms with van der Waals surface area (Å²) >= 11 is 0. The van der Waals surface area contributed by atoms with Gasteiger partial charge < -0.3 is 24.6 Å². The zero-order valence-corrected chi connectivity index (χ0v) is 12.7. The number of benzene rings is 1. The molecule has 20 heavy (non-hydrogen) atoms. The van der Waals surface area contributed by atoms with E-state index in [1.807, 2.05) is 19.1 Å². The molecule has 1 rings (SSSR count). The summed E-state index contributed by atoms with van der Waals surface area (Å²) < 4.78 is 15.9. The van der Waals surface area contributed by atoms with E-state index in [0.29, 0.717) is 23.8 Å². The Balaban J connectivity index is 2.66. The first-order valence-electron chi connectivity index (χ1n) is 6.83. The summed E-state index contributed by atoms with van der Waals surface area (Å²) in [6, 6.07) is 3.84. The first-order valence-corrected chi connectivity index (χ1v) is 6.83. The Hall–Kier alpha value is -1.46. The maximum atomic E-state index is 9.49. The SMILES string of the molecule is CCC(O)CCNCc1cc(OC)c(OC)c(OC)c1. The number of hydrogen-bond acceptors (Lipinski definition) is 5. The average Bonchev–Trinajstić information content (AvgIpc) is 2.49. The second-order valence-corrected chi connectivity index (χ2v) is 4.56. The summed E-state index contributed by atoms with van der Waals surface area (Å²) in [6.07, 6.45) is 1.30. The molecule has 2 N–H and O–H groups in total. The van der Waals surface area contributed by atoms with Gasteiger partial charge in [-0.3, -0.25) is 0 Å². The summed E-state index contributed by atoms with van der Waals surface area (Å²) in [7, 11) is 4.79. The van der Waals surface area contributed by atoms with E-state index in [1.165, 1.54) is 0 Å². The van der Waals surface area contributed by atoms with Crippen LogP contribution in [0.25, 0.3) is 0 Å². The lowest BCUT2D eigenvalue weighted by molar-refractivity contribution is 0.159. The van der Waals surface area contributed by atoms with Crippen molar-refractivity contribution in [2.24, 2.45) is 0 Å². The Morgan fingerprint density at radius 3 is 2.15 bits per heavy atom. The Labute approximate surface area is 120 Å². The van der Waals surface area contributed by atoms with E-state index in [0.717, 1.165) is 24.9 Å². The smallest absolute Gasteiger partial charge is 0.203 e. The Kier molecular flexibility index (Phi) is 7.18. The van der Waals surface area contributed by atoms with Gasteiger partial charge in [0.25, 0.3) is 0 Å². The third kappa shape index (κ3) is 4.58. The van der Waals surface area contributed by atoms with Crippen LogP contribution in [0, 0.1) is 0 Å². The Bertz CT molecular complexity index is 384. The van der Waals surface area contributed by atoms with Gasteiger partial charge in [-0.25, -0.2) is 0 Å². The molecule has 0 spiro atoms. The monoisotopic (exact) mass is 283 g/mol. The fourth-order valence-corrected chi connectivity index (χ4v) is 1.94.